The summed E-state index contributed by atoms with van der Waals surface area (Å²) >= 11 is 0. The molecule has 0 unspecified atom stereocenters. The molecule has 1 aliphatic heterocycles. The molecule has 1 heterocycles. The summed E-state index contributed by atoms with van der Waals surface area (Å²) < 4.78 is 19.0. The van der Waals surface area contributed by atoms with E-state index in [1.54, 1.807) is 12.1 Å². The number of ether oxygens (including phenoxy) is 1. The van der Waals surface area contributed by atoms with Crippen molar-refractivity contribution in [2.75, 3.05) is 19.6 Å². The molecular weight excluding hydrogens is 281 g/mol. The molecule has 0 amide bonds. The van der Waals surface area contributed by atoms with E-state index in [1.807, 2.05) is 6.92 Å². The van der Waals surface area contributed by atoms with Gasteiger partial charge in [-0.1, -0.05) is 12.1 Å². The van der Waals surface area contributed by atoms with Crippen LogP contribution in [0.15, 0.2) is 24.3 Å². The van der Waals surface area contributed by atoms with Crippen LogP contribution in [0, 0.1) is 34.4 Å². The SMILES string of the molecule is C[C@@H]1CN(C[C@@H](C#N)CCC#N)C[C@@H](c2ccc(F)cc2)O1. The number of hydrogen-bond donors (Lipinski definition) is 0. The van der Waals surface area contributed by atoms with Crippen LogP contribution in [0.25, 0.3) is 0 Å². The molecule has 0 radical (unpaired) electrons. The lowest BCUT2D eigenvalue weighted by atomic mass is 10.0. The Balaban J connectivity index is 2.00. The van der Waals surface area contributed by atoms with Gasteiger partial charge in [-0.2, -0.15) is 10.5 Å². The summed E-state index contributed by atoms with van der Waals surface area (Å²) in [6, 6.07) is 10.7. The van der Waals surface area contributed by atoms with Crippen LogP contribution < -0.4 is 0 Å². The number of halogens is 1. The van der Waals surface area contributed by atoms with Gasteiger partial charge in [-0.05, 0) is 31.0 Å². The number of nitriles is 2. The van der Waals surface area contributed by atoms with E-state index in [9.17, 15) is 9.65 Å². The van der Waals surface area contributed by atoms with Crippen LogP contribution in [0.4, 0.5) is 4.39 Å². The molecule has 1 fully saturated rings. The van der Waals surface area contributed by atoms with E-state index in [4.69, 9.17) is 10.00 Å². The summed E-state index contributed by atoms with van der Waals surface area (Å²) in [5.74, 6) is -0.399. The highest BCUT2D eigenvalue weighted by Crippen LogP contribution is 2.26. The van der Waals surface area contributed by atoms with Crippen LogP contribution in [-0.2, 0) is 4.74 Å². The highest BCUT2D eigenvalue weighted by Gasteiger charge is 2.27. The molecule has 1 aromatic rings. The number of morpholine rings is 1. The first-order valence-electron chi connectivity index (χ1n) is 7.52. The van der Waals surface area contributed by atoms with Gasteiger partial charge in [-0.3, -0.25) is 4.90 Å². The molecule has 0 N–H and O–H groups in total. The molecule has 1 aromatic carbocycles. The van der Waals surface area contributed by atoms with Gasteiger partial charge in [0.05, 0.1) is 30.3 Å². The van der Waals surface area contributed by atoms with Crippen molar-refractivity contribution in [3.8, 4) is 12.1 Å². The Morgan fingerprint density at radius 2 is 2.05 bits per heavy atom. The zero-order valence-electron chi connectivity index (χ0n) is 12.7. The first-order chi connectivity index (χ1) is 10.6. The average Bonchev–Trinajstić information content (AvgIpc) is 2.51. The molecule has 4 nitrogen and oxygen atoms in total. The maximum atomic E-state index is 13.0. The fourth-order valence-electron chi connectivity index (χ4n) is 2.80. The highest BCUT2D eigenvalue weighted by atomic mass is 19.1. The quantitative estimate of drug-likeness (QED) is 0.838. The lowest BCUT2D eigenvalue weighted by Crippen LogP contribution is -2.44. The lowest BCUT2D eigenvalue weighted by Gasteiger charge is -2.37. The molecule has 22 heavy (non-hydrogen) atoms. The summed E-state index contributed by atoms with van der Waals surface area (Å²) in [5, 5.41) is 17.9. The first kappa shape index (κ1) is 16.4. The monoisotopic (exact) mass is 301 g/mol. The van der Waals surface area contributed by atoms with Crippen LogP contribution in [0.3, 0.4) is 0 Å². The van der Waals surface area contributed by atoms with E-state index >= 15 is 0 Å². The summed E-state index contributed by atoms with van der Waals surface area (Å²) in [6.07, 6.45) is 0.943. The van der Waals surface area contributed by atoms with Crippen molar-refractivity contribution in [2.24, 2.45) is 5.92 Å². The Hall–Kier alpha value is -1.95. The second-order valence-corrected chi connectivity index (χ2v) is 5.73. The molecule has 1 aliphatic rings. The number of rotatable bonds is 5. The molecule has 116 valence electrons. The third-order valence-corrected chi connectivity index (χ3v) is 3.84. The van der Waals surface area contributed by atoms with Crippen LogP contribution in [-0.4, -0.2) is 30.6 Å². The van der Waals surface area contributed by atoms with Crippen LogP contribution in [0.5, 0.6) is 0 Å². The number of benzene rings is 1. The highest BCUT2D eigenvalue weighted by molar-refractivity contribution is 5.19. The predicted molar refractivity (Wildman–Crippen MR) is 80.1 cm³/mol. The third kappa shape index (κ3) is 4.53. The van der Waals surface area contributed by atoms with E-state index in [-0.39, 0.29) is 23.9 Å². The molecule has 0 aliphatic carbocycles. The Morgan fingerprint density at radius 1 is 1.32 bits per heavy atom. The Morgan fingerprint density at radius 3 is 2.68 bits per heavy atom. The predicted octanol–water partition coefficient (Wildman–Crippen LogP) is 3.03. The molecule has 0 aromatic heterocycles. The summed E-state index contributed by atoms with van der Waals surface area (Å²) in [5.41, 5.74) is 0.948. The first-order valence-corrected chi connectivity index (χ1v) is 7.52. The second-order valence-electron chi connectivity index (χ2n) is 5.73. The zero-order chi connectivity index (χ0) is 15.9. The van der Waals surface area contributed by atoms with Gasteiger partial charge < -0.3 is 4.74 Å². The minimum atomic E-state index is -0.259. The molecular formula is C17H20FN3O. The maximum Gasteiger partial charge on any atom is 0.123 e. The van der Waals surface area contributed by atoms with Crippen molar-refractivity contribution in [3.63, 3.8) is 0 Å². The van der Waals surface area contributed by atoms with E-state index < -0.39 is 0 Å². The Bertz CT molecular complexity index is 561. The van der Waals surface area contributed by atoms with Crippen molar-refractivity contribution in [1.29, 1.82) is 10.5 Å². The van der Waals surface area contributed by atoms with Gasteiger partial charge in [0.15, 0.2) is 0 Å². The number of hydrogen-bond acceptors (Lipinski definition) is 4. The zero-order valence-corrected chi connectivity index (χ0v) is 12.7. The fraction of sp³-hybridized carbons (Fsp3) is 0.529. The smallest absolute Gasteiger partial charge is 0.123 e. The van der Waals surface area contributed by atoms with Gasteiger partial charge in [-0.15, -0.1) is 0 Å². The van der Waals surface area contributed by atoms with Gasteiger partial charge in [0.25, 0.3) is 0 Å². The molecule has 0 saturated carbocycles. The molecule has 0 spiro atoms. The standard InChI is InChI=1S/C17H20FN3O/c1-13-10-21(11-14(9-20)3-2-8-19)12-17(22-13)15-4-6-16(18)7-5-15/h4-7,13-14,17H,2-3,10-12H2,1H3/t13-,14-,17+/m1/s1. The molecule has 1 saturated heterocycles. The normalized spacial score (nSPS) is 23.5. The van der Waals surface area contributed by atoms with Crippen LogP contribution in [0.1, 0.15) is 31.4 Å². The average molecular weight is 301 g/mol. The van der Waals surface area contributed by atoms with Crippen molar-refractivity contribution in [1.82, 2.24) is 4.90 Å². The Labute approximate surface area is 130 Å². The van der Waals surface area contributed by atoms with E-state index in [0.29, 0.717) is 25.9 Å². The van der Waals surface area contributed by atoms with Gasteiger partial charge in [-0.25, -0.2) is 4.39 Å². The van der Waals surface area contributed by atoms with Crippen molar-refractivity contribution >= 4 is 0 Å². The van der Waals surface area contributed by atoms with Crippen molar-refractivity contribution in [2.45, 2.75) is 32.0 Å². The fourth-order valence-corrected chi connectivity index (χ4v) is 2.80. The second kappa shape index (κ2) is 7.89. The Kier molecular flexibility index (Phi) is 5.89. The minimum absolute atomic E-state index is 0.0547. The summed E-state index contributed by atoms with van der Waals surface area (Å²) in [6.45, 7) is 4.09. The van der Waals surface area contributed by atoms with Crippen molar-refractivity contribution in [3.05, 3.63) is 35.6 Å². The third-order valence-electron chi connectivity index (χ3n) is 3.84. The molecule has 3 atom stereocenters. The molecule has 0 bridgehead atoms. The van der Waals surface area contributed by atoms with Gasteiger partial charge in [0.2, 0.25) is 0 Å². The van der Waals surface area contributed by atoms with E-state index in [2.05, 4.69) is 17.0 Å². The maximum absolute atomic E-state index is 13.0. The largest absolute Gasteiger partial charge is 0.368 e. The molecule has 2 rings (SSSR count). The van der Waals surface area contributed by atoms with E-state index in [0.717, 1.165) is 12.1 Å². The van der Waals surface area contributed by atoms with Gasteiger partial charge >= 0.3 is 0 Å². The number of nitrogens with zero attached hydrogens (tertiary/aromatic N) is 3. The van der Waals surface area contributed by atoms with E-state index in [1.165, 1.54) is 12.1 Å². The summed E-state index contributed by atoms with van der Waals surface area (Å²) in [4.78, 5) is 2.20. The van der Waals surface area contributed by atoms with Crippen molar-refractivity contribution < 1.29 is 9.13 Å². The van der Waals surface area contributed by atoms with Crippen LogP contribution in [0.2, 0.25) is 0 Å². The van der Waals surface area contributed by atoms with Gasteiger partial charge in [0.1, 0.15) is 5.82 Å². The summed E-state index contributed by atoms with van der Waals surface area (Å²) in [7, 11) is 0. The van der Waals surface area contributed by atoms with Crippen LogP contribution >= 0.6 is 0 Å². The topological polar surface area (TPSA) is 60.0 Å². The lowest BCUT2D eigenvalue weighted by molar-refractivity contribution is -0.0809. The van der Waals surface area contributed by atoms with Gasteiger partial charge in [0, 0.05) is 26.1 Å². The molecule has 5 heteroatoms. The minimum Gasteiger partial charge on any atom is -0.368 e.